The molecule has 1 fully saturated rings. The van der Waals surface area contributed by atoms with Crippen molar-refractivity contribution in [2.45, 2.75) is 37.6 Å². The van der Waals surface area contributed by atoms with Gasteiger partial charge >= 0.3 is 6.18 Å². The van der Waals surface area contributed by atoms with Gasteiger partial charge in [0.15, 0.2) is 0 Å². The Kier molecular flexibility index (Phi) is 4.24. The van der Waals surface area contributed by atoms with Crippen molar-refractivity contribution in [1.82, 2.24) is 4.90 Å². The fourth-order valence-corrected chi connectivity index (χ4v) is 3.92. The zero-order valence-electron chi connectivity index (χ0n) is 14.7. The molecule has 0 N–H and O–H groups in total. The lowest BCUT2D eigenvalue weighted by Crippen LogP contribution is -2.64. The van der Waals surface area contributed by atoms with Gasteiger partial charge in [-0.2, -0.15) is 13.2 Å². The van der Waals surface area contributed by atoms with E-state index < -0.39 is 29.5 Å². The van der Waals surface area contributed by atoms with E-state index in [1.165, 1.54) is 18.2 Å². The average Bonchev–Trinajstić information content (AvgIpc) is 2.60. The van der Waals surface area contributed by atoms with Gasteiger partial charge in [-0.05, 0) is 36.8 Å². The summed E-state index contributed by atoms with van der Waals surface area (Å²) in [6.45, 7) is 1.80. The first-order valence-corrected chi connectivity index (χ1v) is 8.67. The van der Waals surface area contributed by atoms with E-state index in [-0.39, 0.29) is 35.6 Å². The number of rotatable bonds is 2. The van der Waals surface area contributed by atoms with Crippen LogP contribution in [0.5, 0.6) is 0 Å². The molecule has 146 valence electrons. The van der Waals surface area contributed by atoms with Gasteiger partial charge in [0.25, 0.3) is 0 Å². The number of carbonyl (C=O) groups is 1. The Morgan fingerprint density at radius 2 is 1.75 bits per heavy atom. The minimum atomic E-state index is -4.43. The Morgan fingerprint density at radius 3 is 2.36 bits per heavy atom. The second kappa shape index (κ2) is 6.39. The molecule has 1 saturated heterocycles. The van der Waals surface area contributed by atoms with Gasteiger partial charge in [-0.3, -0.25) is 9.79 Å². The monoisotopic (exact) mass is 394 g/mol. The van der Waals surface area contributed by atoms with Crippen LogP contribution in [-0.4, -0.2) is 28.7 Å². The van der Waals surface area contributed by atoms with Crippen molar-refractivity contribution in [2.24, 2.45) is 4.99 Å². The predicted octanol–water partition coefficient (Wildman–Crippen LogP) is 4.52. The second-order valence-electron chi connectivity index (χ2n) is 6.98. The first kappa shape index (κ1) is 18.6. The van der Waals surface area contributed by atoms with Crippen LogP contribution in [0.1, 0.15) is 36.0 Å². The summed E-state index contributed by atoms with van der Waals surface area (Å²) in [5.74, 6) is -2.08. The van der Waals surface area contributed by atoms with Crippen molar-refractivity contribution in [3.8, 4) is 0 Å². The number of carbonyl (C=O) groups excluding carboxylic acids is 1. The number of alkyl halides is 3. The SMILES string of the molecule is CC1C(c2ccc(C(F)(F)F)cc2)C2N=C(c3ccc(F)cc3F)CC(=O)N12. The lowest BCUT2D eigenvalue weighted by molar-refractivity contribution is -0.146. The van der Waals surface area contributed by atoms with Gasteiger partial charge in [-0.15, -0.1) is 0 Å². The average molecular weight is 394 g/mol. The highest BCUT2D eigenvalue weighted by Gasteiger charge is 2.51. The normalized spacial score (nSPS) is 24.5. The van der Waals surface area contributed by atoms with Crippen LogP contribution in [0.2, 0.25) is 0 Å². The van der Waals surface area contributed by atoms with E-state index in [0.717, 1.165) is 24.3 Å². The standard InChI is InChI=1S/C20H15F5N2O/c1-10-18(11-2-4-12(5-3-11)20(23,24)25)19-26-16(9-17(28)27(10)19)14-7-6-13(21)8-15(14)22/h2-8,10,18-19H,9H2,1H3. The highest BCUT2D eigenvalue weighted by molar-refractivity contribution is 6.12. The van der Waals surface area contributed by atoms with E-state index in [1.54, 1.807) is 11.8 Å². The number of hydrogen-bond donors (Lipinski definition) is 0. The fraction of sp³-hybridized carbons (Fsp3) is 0.300. The highest BCUT2D eigenvalue weighted by atomic mass is 19.4. The molecule has 0 radical (unpaired) electrons. The van der Waals surface area contributed by atoms with Crippen LogP contribution in [0, 0.1) is 11.6 Å². The van der Waals surface area contributed by atoms with Crippen molar-refractivity contribution in [3.63, 3.8) is 0 Å². The summed E-state index contributed by atoms with van der Waals surface area (Å²) in [5, 5.41) is 0. The number of benzene rings is 2. The Morgan fingerprint density at radius 1 is 1.07 bits per heavy atom. The van der Waals surface area contributed by atoms with Gasteiger partial charge in [0.2, 0.25) is 5.91 Å². The first-order chi connectivity index (χ1) is 13.2. The van der Waals surface area contributed by atoms with Crippen molar-refractivity contribution in [1.29, 1.82) is 0 Å². The van der Waals surface area contributed by atoms with Gasteiger partial charge in [-0.25, -0.2) is 8.78 Å². The molecule has 28 heavy (non-hydrogen) atoms. The molecular weight excluding hydrogens is 379 g/mol. The fourth-order valence-electron chi connectivity index (χ4n) is 3.92. The summed E-state index contributed by atoms with van der Waals surface area (Å²) >= 11 is 0. The Labute approximate surface area is 157 Å². The third-order valence-electron chi connectivity index (χ3n) is 5.32. The number of amides is 1. The van der Waals surface area contributed by atoms with E-state index >= 15 is 0 Å². The minimum absolute atomic E-state index is 0.0557. The molecule has 0 aliphatic carbocycles. The maximum absolute atomic E-state index is 14.1. The van der Waals surface area contributed by atoms with Gasteiger partial charge in [-0.1, -0.05) is 12.1 Å². The molecule has 0 bridgehead atoms. The van der Waals surface area contributed by atoms with Crippen molar-refractivity contribution >= 4 is 11.6 Å². The van der Waals surface area contributed by atoms with Crippen molar-refractivity contribution < 1.29 is 26.7 Å². The summed E-state index contributed by atoms with van der Waals surface area (Å²) < 4.78 is 65.6. The number of halogens is 5. The molecule has 0 saturated carbocycles. The molecule has 3 atom stereocenters. The second-order valence-corrected chi connectivity index (χ2v) is 6.98. The lowest BCUT2D eigenvalue weighted by atomic mass is 9.78. The van der Waals surface area contributed by atoms with Crippen LogP contribution in [0.25, 0.3) is 0 Å². The predicted molar refractivity (Wildman–Crippen MR) is 91.8 cm³/mol. The van der Waals surface area contributed by atoms with Gasteiger partial charge in [0.1, 0.15) is 17.8 Å². The van der Waals surface area contributed by atoms with Crippen molar-refractivity contribution in [3.05, 3.63) is 70.8 Å². The third-order valence-corrected chi connectivity index (χ3v) is 5.32. The molecule has 3 unspecified atom stereocenters. The summed E-state index contributed by atoms with van der Waals surface area (Å²) in [6, 6.07) is 7.58. The molecule has 0 aromatic heterocycles. The van der Waals surface area contributed by atoms with Crippen LogP contribution >= 0.6 is 0 Å². The Balaban J connectivity index is 1.67. The molecule has 2 aliphatic rings. The van der Waals surface area contributed by atoms with Crippen molar-refractivity contribution in [2.75, 3.05) is 0 Å². The summed E-state index contributed by atoms with van der Waals surface area (Å²) in [5.41, 5.74) is 0.143. The molecule has 4 rings (SSSR count). The smallest absolute Gasteiger partial charge is 0.316 e. The molecule has 2 aliphatic heterocycles. The largest absolute Gasteiger partial charge is 0.416 e. The molecule has 8 heteroatoms. The molecule has 2 heterocycles. The van der Waals surface area contributed by atoms with Gasteiger partial charge in [0.05, 0.1) is 17.7 Å². The van der Waals surface area contributed by atoms with E-state index in [4.69, 9.17) is 0 Å². The topological polar surface area (TPSA) is 32.7 Å². The lowest BCUT2D eigenvalue weighted by Gasteiger charge is -2.54. The van der Waals surface area contributed by atoms with Crippen LogP contribution in [0.15, 0.2) is 47.5 Å². The molecule has 3 nitrogen and oxygen atoms in total. The van der Waals surface area contributed by atoms with E-state index in [9.17, 15) is 26.7 Å². The zero-order chi connectivity index (χ0) is 20.2. The van der Waals surface area contributed by atoms with E-state index in [2.05, 4.69) is 4.99 Å². The summed E-state index contributed by atoms with van der Waals surface area (Å²) in [7, 11) is 0. The van der Waals surface area contributed by atoms with Crippen LogP contribution in [-0.2, 0) is 11.0 Å². The van der Waals surface area contributed by atoms with Gasteiger partial charge in [0, 0.05) is 23.6 Å². The third kappa shape index (κ3) is 2.96. The number of fused-ring (bicyclic) bond motifs is 1. The van der Waals surface area contributed by atoms with E-state index in [1.807, 2.05) is 0 Å². The minimum Gasteiger partial charge on any atom is -0.316 e. The summed E-state index contributed by atoms with van der Waals surface area (Å²) in [6.07, 6.45) is -5.15. The maximum atomic E-state index is 14.1. The molecule has 1 amide bonds. The van der Waals surface area contributed by atoms with Crippen LogP contribution in [0.4, 0.5) is 22.0 Å². The maximum Gasteiger partial charge on any atom is 0.416 e. The zero-order valence-corrected chi connectivity index (χ0v) is 14.7. The van der Waals surface area contributed by atoms with Crippen LogP contribution in [0.3, 0.4) is 0 Å². The summed E-state index contributed by atoms with van der Waals surface area (Å²) in [4.78, 5) is 18.5. The Bertz CT molecular complexity index is 968. The Hall–Kier alpha value is -2.77. The first-order valence-electron chi connectivity index (χ1n) is 8.67. The number of nitrogens with zero attached hydrogens (tertiary/aromatic N) is 2. The number of aliphatic imine (C=N–C) groups is 1. The molecule has 2 aromatic carbocycles. The number of hydrogen-bond acceptors (Lipinski definition) is 2. The van der Waals surface area contributed by atoms with E-state index in [0.29, 0.717) is 5.56 Å². The molecule has 2 aromatic rings. The van der Waals surface area contributed by atoms with Gasteiger partial charge < -0.3 is 4.90 Å². The molecular formula is C20H15F5N2O. The molecule has 0 spiro atoms. The van der Waals surface area contributed by atoms with Crippen LogP contribution < -0.4 is 0 Å². The quantitative estimate of drug-likeness (QED) is 0.690. The highest BCUT2D eigenvalue weighted by Crippen LogP contribution is 2.44.